The van der Waals surface area contributed by atoms with Crippen molar-refractivity contribution in [2.45, 2.75) is 44.2 Å². The number of pyridine rings is 1. The molecule has 2 aliphatic heterocycles. The predicted molar refractivity (Wildman–Crippen MR) is 81.6 cm³/mol. The van der Waals surface area contributed by atoms with E-state index in [4.69, 9.17) is 4.52 Å². The quantitative estimate of drug-likeness (QED) is 0.923. The van der Waals surface area contributed by atoms with Crippen LogP contribution in [-0.2, 0) is 6.42 Å². The van der Waals surface area contributed by atoms with Crippen molar-refractivity contribution >= 4 is 15.9 Å². The van der Waals surface area contributed by atoms with E-state index in [1.54, 1.807) is 6.20 Å². The van der Waals surface area contributed by atoms with E-state index in [0.29, 0.717) is 23.8 Å². The van der Waals surface area contributed by atoms with Gasteiger partial charge in [0.1, 0.15) is 5.69 Å². The fraction of sp³-hybridized carbons (Fsp3) is 0.533. The van der Waals surface area contributed by atoms with Gasteiger partial charge in [0.05, 0.1) is 0 Å². The Kier molecular flexibility index (Phi) is 3.51. The zero-order valence-electron chi connectivity index (χ0n) is 11.6. The van der Waals surface area contributed by atoms with Crippen LogP contribution in [0.25, 0.3) is 11.5 Å². The standard InChI is InChI=1S/C15H17BrN4O/c16-10-1-4-13(17-8-10)15-19-14(21-20-15)7-9-5-11-2-3-12(6-9)18-11/h1,4,8-9,11-12,18H,2-3,5-7H2. The third kappa shape index (κ3) is 2.87. The molecule has 2 unspecified atom stereocenters. The van der Waals surface area contributed by atoms with Gasteiger partial charge in [-0.05, 0) is 59.7 Å². The van der Waals surface area contributed by atoms with E-state index in [-0.39, 0.29) is 0 Å². The van der Waals surface area contributed by atoms with Gasteiger partial charge in [-0.2, -0.15) is 4.98 Å². The third-order valence-corrected chi connectivity index (χ3v) is 4.93. The molecular formula is C15H17BrN4O. The van der Waals surface area contributed by atoms with E-state index in [1.165, 1.54) is 25.7 Å². The predicted octanol–water partition coefficient (Wildman–Crippen LogP) is 2.97. The minimum Gasteiger partial charge on any atom is -0.339 e. The van der Waals surface area contributed by atoms with Crippen molar-refractivity contribution < 1.29 is 4.52 Å². The van der Waals surface area contributed by atoms with Crippen molar-refractivity contribution in [2.24, 2.45) is 5.92 Å². The summed E-state index contributed by atoms with van der Waals surface area (Å²) in [6.45, 7) is 0. The van der Waals surface area contributed by atoms with Crippen LogP contribution in [0.3, 0.4) is 0 Å². The molecule has 21 heavy (non-hydrogen) atoms. The van der Waals surface area contributed by atoms with Crippen LogP contribution in [0.2, 0.25) is 0 Å². The van der Waals surface area contributed by atoms with Crippen molar-refractivity contribution in [1.29, 1.82) is 0 Å². The first-order valence-electron chi connectivity index (χ1n) is 7.47. The monoisotopic (exact) mass is 348 g/mol. The Hall–Kier alpha value is -1.27. The first-order chi connectivity index (χ1) is 10.3. The molecule has 2 aromatic rings. The van der Waals surface area contributed by atoms with Crippen molar-refractivity contribution in [3.05, 3.63) is 28.7 Å². The summed E-state index contributed by atoms with van der Waals surface area (Å²) >= 11 is 3.37. The van der Waals surface area contributed by atoms with Crippen LogP contribution in [0.4, 0.5) is 0 Å². The number of piperidine rings is 1. The highest BCUT2D eigenvalue weighted by molar-refractivity contribution is 9.10. The van der Waals surface area contributed by atoms with Crippen LogP contribution in [0.15, 0.2) is 27.3 Å². The molecule has 5 nitrogen and oxygen atoms in total. The Bertz CT molecular complexity index is 615. The second-order valence-corrected chi connectivity index (χ2v) is 6.97. The molecule has 0 saturated carbocycles. The molecule has 2 saturated heterocycles. The summed E-state index contributed by atoms with van der Waals surface area (Å²) in [6, 6.07) is 5.22. The van der Waals surface area contributed by atoms with Crippen molar-refractivity contribution in [3.63, 3.8) is 0 Å². The Balaban J connectivity index is 1.46. The van der Waals surface area contributed by atoms with E-state index in [9.17, 15) is 0 Å². The van der Waals surface area contributed by atoms with Crippen LogP contribution < -0.4 is 5.32 Å². The minimum absolute atomic E-state index is 0.578. The normalized spacial score (nSPS) is 28.0. The molecule has 1 N–H and O–H groups in total. The summed E-state index contributed by atoms with van der Waals surface area (Å²) in [5.41, 5.74) is 0.749. The fourth-order valence-corrected chi connectivity index (χ4v) is 3.77. The molecule has 2 atom stereocenters. The molecule has 0 aromatic carbocycles. The lowest BCUT2D eigenvalue weighted by Crippen LogP contribution is -2.38. The third-order valence-electron chi connectivity index (χ3n) is 4.46. The van der Waals surface area contributed by atoms with E-state index >= 15 is 0 Å². The molecule has 110 valence electrons. The topological polar surface area (TPSA) is 63.8 Å². The van der Waals surface area contributed by atoms with E-state index in [1.807, 2.05) is 12.1 Å². The maximum absolute atomic E-state index is 5.41. The number of rotatable bonds is 3. The number of hydrogen-bond acceptors (Lipinski definition) is 5. The number of hydrogen-bond donors (Lipinski definition) is 1. The van der Waals surface area contributed by atoms with Crippen molar-refractivity contribution in [1.82, 2.24) is 20.4 Å². The molecule has 0 amide bonds. The van der Waals surface area contributed by atoms with Crippen molar-refractivity contribution in [3.8, 4) is 11.5 Å². The molecule has 0 radical (unpaired) electrons. The number of aromatic nitrogens is 3. The average molecular weight is 349 g/mol. The molecule has 0 spiro atoms. The molecule has 4 heterocycles. The minimum atomic E-state index is 0.578. The molecule has 6 heteroatoms. The van der Waals surface area contributed by atoms with Gasteiger partial charge in [-0.15, -0.1) is 0 Å². The maximum atomic E-state index is 5.41. The Morgan fingerprint density at radius 2 is 2.05 bits per heavy atom. The summed E-state index contributed by atoms with van der Waals surface area (Å²) in [5, 5.41) is 7.72. The fourth-order valence-electron chi connectivity index (χ4n) is 3.54. The van der Waals surface area contributed by atoms with Gasteiger partial charge in [0, 0.05) is 29.2 Å². The maximum Gasteiger partial charge on any atom is 0.227 e. The first-order valence-corrected chi connectivity index (χ1v) is 8.26. The second-order valence-electron chi connectivity index (χ2n) is 6.05. The number of fused-ring (bicyclic) bond motifs is 2. The van der Waals surface area contributed by atoms with Crippen LogP contribution in [0.1, 0.15) is 31.6 Å². The Morgan fingerprint density at radius 1 is 1.24 bits per heavy atom. The number of halogens is 1. The van der Waals surface area contributed by atoms with Gasteiger partial charge >= 0.3 is 0 Å². The number of nitrogens with zero attached hydrogens (tertiary/aromatic N) is 3. The van der Waals surface area contributed by atoms with Gasteiger partial charge in [0.2, 0.25) is 11.7 Å². The molecule has 0 aliphatic carbocycles. The lowest BCUT2D eigenvalue weighted by atomic mass is 9.90. The van der Waals surface area contributed by atoms with Crippen LogP contribution in [0.5, 0.6) is 0 Å². The van der Waals surface area contributed by atoms with Gasteiger partial charge in [0.25, 0.3) is 0 Å². The Labute approximate surface area is 131 Å². The highest BCUT2D eigenvalue weighted by Crippen LogP contribution is 2.32. The first kappa shape index (κ1) is 13.4. The van der Waals surface area contributed by atoms with E-state index in [0.717, 1.165) is 22.5 Å². The molecule has 2 aliphatic rings. The van der Waals surface area contributed by atoms with Gasteiger partial charge in [-0.25, -0.2) is 0 Å². The van der Waals surface area contributed by atoms with Crippen LogP contribution in [-0.4, -0.2) is 27.2 Å². The van der Waals surface area contributed by atoms with Crippen molar-refractivity contribution in [2.75, 3.05) is 0 Å². The average Bonchev–Trinajstić information content (AvgIpc) is 3.07. The zero-order valence-corrected chi connectivity index (χ0v) is 13.2. The number of nitrogens with one attached hydrogen (secondary N) is 1. The molecular weight excluding hydrogens is 332 g/mol. The molecule has 2 aromatic heterocycles. The largest absolute Gasteiger partial charge is 0.339 e. The van der Waals surface area contributed by atoms with E-state index < -0.39 is 0 Å². The van der Waals surface area contributed by atoms with Gasteiger partial charge in [-0.1, -0.05) is 5.16 Å². The van der Waals surface area contributed by atoms with Gasteiger partial charge in [-0.3, -0.25) is 4.98 Å². The summed E-state index contributed by atoms with van der Waals surface area (Å²) in [6.07, 6.45) is 7.72. The smallest absolute Gasteiger partial charge is 0.227 e. The summed E-state index contributed by atoms with van der Waals surface area (Å²) in [5.74, 6) is 1.98. The summed E-state index contributed by atoms with van der Waals surface area (Å²) in [4.78, 5) is 8.80. The molecule has 2 bridgehead atoms. The molecule has 4 rings (SSSR count). The van der Waals surface area contributed by atoms with Crippen LogP contribution in [0, 0.1) is 5.92 Å². The van der Waals surface area contributed by atoms with Gasteiger partial charge in [0.15, 0.2) is 0 Å². The lowest BCUT2D eigenvalue weighted by molar-refractivity contribution is 0.270. The van der Waals surface area contributed by atoms with Crippen LogP contribution >= 0.6 is 15.9 Å². The SMILES string of the molecule is Brc1ccc(-c2noc(CC3CC4CCC(C3)N4)n2)nc1. The van der Waals surface area contributed by atoms with E-state index in [2.05, 4.69) is 36.4 Å². The lowest BCUT2D eigenvalue weighted by Gasteiger charge is -2.27. The highest BCUT2D eigenvalue weighted by atomic mass is 79.9. The Morgan fingerprint density at radius 3 is 2.76 bits per heavy atom. The van der Waals surface area contributed by atoms with Gasteiger partial charge < -0.3 is 9.84 Å². The summed E-state index contributed by atoms with van der Waals surface area (Å²) in [7, 11) is 0. The second kappa shape index (κ2) is 5.50. The summed E-state index contributed by atoms with van der Waals surface area (Å²) < 4.78 is 6.35. The zero-order chi connectivity index (χ0) is 14.2. The highest BCUT2D eigenvalue weighted by Gasteiger charge is 2.34. The molecule has 2 fully saturated rings.